The molecule has 150 valence electrons. The van der Waals surface area contributed by atoms with Gasteiger partial charge in [-0.05, 0) is 42.0 Å². The molecule has 0 fully saturated rings. The van der Waals surface area contributed by atoms with E-state index >= 15 is 0 Å². The van der Waals surface area contributed by atoms with Crippen LogP contribution in [0, 0.1) is 5.82 Å². The highest BCUT2D eigenvalue weighted by Crippen LogP contribution is 2.44. The van der Waals surface area contributed by atoms with Crippen molar-refractivity contribution >= 4 is 28.7 Å². The SMILES string of the molecule is Cn1c2c(sc1=O)[C@H](c1cccc(OC(F)F)c1)CC(=O)N2c1ccc(F)cc1. The maximum Gasteiger partial charge on any atom is 0.387 e. The molecule has 1 aliphatic heterocycles. The highest BCUT2D eigenvalue weighted by atomic mass is 32.1. The fourth-order valence-corrected chi connectivity index (χ4v) is 4.55. The van der Waals surface area contributed by atoms with Gasteiger partial charge in [0.1, 0.15) is 17.4 Å². The third kappa shape index (κ3) is 3.53. The molecule has 0 unspecified atom stereocenters. The van der Waals surface area contributed by atoms with Crippen LogP contribution in [0.15, 0.2) is 53.3 Å². The molecule has 0 spiro atoms. The number of alkyl halides is 2. The number of carbonyl (C=O) groups is 1. The summed E-state index contributed by atoms with van der Waals surface area (Å²) in [5.41, 5.74) is 1.04. The lowest BCUT2D eigenvalue weighted by molar-refractivity contribution is -0.118. The smallest absolute Gasteiger partial charge is 0.387 e. The number of fused-ring (bicyclic) bond motifs is 1. The molecule has 5 nitrogen and oxygen atoms in total. The van der Waals surface area contributed by atoms with Crippen LogP contribution in [0.2, 0.25) is 0 Å². The second-order valence-corrected chi connectivity index (χ2v) is 7.52. The maximum absolute atomic E-state index is 13.3. The van der Waals surface area contributed by atoms with E-state index in [1.54, 1.807) is 19.2 Å². The van der Waals surface area contributed by atoms with E-state index in [1.807, 2.05) is 0 Å². The number of amides is 1. The Hall–Kier alpha value is -3.07. The first-order chi connectivity index (χ1) is 13.8. The Morgan fingerprint density at radius 3 is 2.55 bits per heavy atom. The van der Waals surface area contributed by atoms with Crippen molar-refractivity contribution in [1.29, 1.82) is 0 Å². The van der Waals surface area contributed by atoms with Crippen LogP contribution >= 0.6 is 11.3 Å². The molecule has 1 atom stereocenters. The molecule has 9 heteroatoms. The van der Waals surface area contributed by atoms with Crippen molar-refractivity contribution in [2.45, 2.75) is 19.0 Å². The van der Waals surface area contributed by atoms with Gasteiger partial charge < -0.3 is 4.74 Å². The Morgan fingerprint density at radius 1 is 1.14 bits per heavy atom. The third-order valence-corrected chi connectivity index (χ3v) is 5.87. The summed E-state index contributed by atoms with van der Waals surface area (Å²) < 4.78 is 44.3. The van der Waals surface area contributed by atoms with Crippen LogP contribution in [0.3, 0.4) is 0 Å². The highest BCUT2D eigenvalue weighted by molar-refractivity contribution is 7.10. The number of ether oxygens (including phenoxy) is 1. The van der Waals surface area contributed by atoms with E-state index in [4.69, 9.17) is 0 Å². The average molecular weight is 420 g/mol. The molecule has 29 heavy (non-hydrogen) atoms. The summed E-state index contributed by atoms with van der Waals surface area (Å²) in [6.07, 6.45) is 0.0302. The minimum Gasteiger partial charge on any atom is -0.435 e. The second kappa shape index (κ2) is 7.40. The van der Waals surface area contributed by atoms with E-state index in [0.29, 0.717) is 21.9 Å². The average Bonchev–Trinajstić information content (AvgIpc) is 2.97. The number of aromatic nitrogens is 1. The Balaban J connectivity index is 1.82. The zero-order valence-corrected chi connectivity index (χ0v) is 16.0. The van der Waals surface area contributed by atoms with Crippen molar-refractivity contribution in [2.75, 3.05) is 4.90 Å². The predicted molar refractivity (Wildman–Crippen MR) is 103 cm³/mol. The quantitative estimate of drug-likeness (QED) is 0.629. The molecule has 2 heterocycles. The third-order valence-electron chi connectivity index (χ3n) is 4.74. The van der Waals surface area contributed by atoms with Crippen LogP contribution in [-0.4, -0.2) is 17.1 Å². The van der Waals surface area contributed by atoms with Crippen molar-refractivity contribution in [3.8, 4) is 5.75 Å². The molecule has 3 aromatic rings. The summed E-state index contributed by atoms with van der Waals surface area (Å²) in [6.45, 7) is -2.96. The molecule has 0 bridgehead atoms. The van der Waals surface area contributed by atoms with Crippen LogP contribution < -0.4 is 14.5 Å². The molecule has 0 aliphatic carbocycles. The largest absolute Gasteiger partial charge is 0.435 e. The second-order valence-electron chi connectivity index (χ2n) is 6.53. The van der Waals surface area contributed by atoms with Gasteiger partial charge in [0.25, 0.3) is 0 Å². The van der Waals surface area contributed by atoms with E-state index in [0.717, 1.165) is 11.3 Å². The first-order valence-electron chi connectivity index (χ1n) is 8.68. The van der Waals surface area contributed by atoms with E-state index in [1.165, 1.54) is 45.9 Å². The fraction of sp³-hybridized carbons (Fsp3) is 0.200. The van der Waals surface area contributed by atoms with Crippen LogP contribution in [0.4, 0.5) is 24.7 Å². The minimum absolute atomic E-state index is 0.0178. The molecule has 1 amide bonds. The molecule has 0 radical (unpaired) electrons. The summed E-state index contributed by atoms with van der Waals surface area (Å²) in [7, 11) is 1.56. The van der Waals surface area contributed by atoms with Crippen molar-refractivity contribution < 1.29 is 22.7 Å². The van der Waals surface area contributed by atoms with Gasteiger partial charge in [-0.2, -0.15) is 8.78 Å². The van der Waals surface area contributed by atoms with Crippen LogP contribution in [0.25, 0.3) is 0 Å². The predicted octanol–water partition coefficient (Wildman–Crippen LogP) is 4.39. The number of carbonyl (C=O) groups excluding carboxylic acids is 1. The molecule has 0 N–H and O–H groups in total. The Bertz CT molecular complexity index is 1120. The highest BCUT2D eigenvalue weighted by Gasteiger charge is 2.37. The minimum atomic E-state index is -2.96. The summed E-state index contributed by atoms with van der Waals surface area (Å²) in [5, 5.41) is 0. The van der Waals surface area contributed by atoms with E-state index < -0.39 is 18.3 Å². The lowest BCUT2D eigenvalue weighted by atomic mass is 9.90. The molecule has 1 aliphatic rings. The van der Waals surface area contributed by atoms with Crippen molar-refractivity contribution in [2.24, 2.45) is 7.05 Å². The monoisotopic (exact) mass is 420 g/mol. The van der Waals surface area contributed by atoms with Gasteiger partial charge in [0.15, 0.2) is 0 Å². The van der Waals surface area contributed by atoms with Gasteiger partial charge in [-0.3, -0.25) is 19.1 Å². The number of halogens is 3. The summed E-state index contributed by atoms with van der Waals surface area (Å²) >= 11 is 0.994. The standard InChI is InChI=1S/C20H15F3N2O3S/c1-24-18-17(29-20(24)27)15(11-3-2-4-14(9-11)28-19(22)23)10-16(26)25(18)13-7-5-12(21)6-8-13/h2-9,15,19H,10H2,1H3/t15-/m0/s1. The maximum atomic E-state index is 13.3. The molecule has 0 saturated heterocycles. The number of hydrogen-bond donors (Lipinski definition) is 0. The van der Waals surface area contributed by atoms with Gasteiger partial charge >= 0.3 is 11.5 Å². The van der Waals surface area contributed by atoms with Gasteiger partial charge in [0.2, 0.25) is 5.91 Å². The Kier molecular flexibility index (Phi) is 4.91. The number of hydrogen-bond acceptors (Lipinski definition) is 4. The Morgan fingerprint density at radius 2 is 1.86 bits per heavy atom. The van der Waals surface area contributed by atoms with Gasteiger partial charge in [0, 0.05) is 19.4 Å². The zero-order valence-electron chi connectivity index (χ0n) is 15.1. The molecule has 0 saturated carbocycles. The van der Waals surface area contributed by atoms with Gasteiger partial charge in [-0.25, -0.2) is 4.39 Å². The van der Waals surface area contributed by atoms with Crippen molar-refractivity contribution in [3.63, 3.8) is 0 Å². The summed E-state index contributed by atoms with van der Waals surface area (Å²) in [6, 6.07) is 11.5. The molecular formula is C20H15F3N2O3S. The van der Waals surface area contributed by atoms with E-state index in [-0.39, 0.29) is 23.0 Å². The van der Waals surface area contributed by atoms with Crippen molar-refractivity contribution in [1.82, 2.24) is 4.57 Å². The zero-order chi connectivity index (χ0) is 20.7. The van der Waals surface area contributed by atoms with Crippen molar-refractivity contribution in [3.05, 3.63) is 74.5 Å². The van der Waals surface area contributed by atoms with Crippen LogP contribution in [0.5, 0.6) is 5.75 Å². The molecular weight excluding hydrogens is 405 g/mol. The fourth-order valence-electron chi connectivity index (χ4n) is 3.46. The van der Waals surface area contributed by atoms with E-state index in [9.17, 15) is 22.8 Å². The number of benzene rings is 2. The lowest BCUT2D eigenvalue weighted by Crippen LogP contribution is -2.34. The van der Waals surface area contributed by atoms with Gasteiger partial charge in [-0.15, -0.1) is 0 Å². The van der Waals surface area contributed by atoms with Gasteiger partial charge in [-0.1, -0.05) is 23.5 Å². The van der Waals surface area contributed by atoms with Crippen LogP contribution in [0.1, 0.15) is 22.8 Å². The number of anilines is 2. The number of thiazole rings is 1. The lowest BCUT2D eigenvalue weighted by Gasteiger charge is -2.32. The first kappa shape index (κ1) is 19.3. The number of nitrogens with zero attached hydrogens (tertiary/aromatic N) is 2. The normalized spacial score (nSPS) is 16.2. The van der Waals surface area contributed by atoms with E-state index in [2.05, 4.69) is 4.74 Å². The number of rotatable bonds is 4. The summed E-state index contributed by atoms with van der Waals surface area (Å²) in [5.74, 6) is -0.827. The topological polar surface area (TPSA) is 51.5 Å². The van der Waals surface area contributed by atoms with Gasteiger partial charge in [0.05, 0.1) is 10.6 Å². The first-order valence-corrected chi connectivity index (χ1v) is 9.50. The summed E-state index contributed by atoms with van der Waals surface area (Å²) in [4.78, 5) is 27.2. The van der Waals surface area contributed by atoms with Crippen LogP contribution in [-0.2, 0) is 11.8 Å². The molecule has 1 aromatic heterocycles. The Labute approximate surface area is 167 Å². The molecule has 2 aromatic carbocycles. The molecule has 4 rings (SSSR count).